The molecule has 2 heterocycles. The highest BCUT2D eigenvalue weighted by Crippen LogP contribution is 2.37. The fraction of sp³-hybridized carbons (Fsp3) is 0.333. The van der Waals surface area contributed by atoms with Crippen molar-refractivity contribution < 1.29 is 24.3 Å². The van der Waals surface area contributed by atoms with Crippen molar-refractivity contribution in [1.29, 1.82) is 0 Å². The maximum Gasteiger partial charge on any atom is 0.290 e. The number of rotatable bonds is 4. The van der Waals surface area contributed by atoms with Crippen molar-refractivity contribution in [2.75, 3.05) is 7.05 Å². The summed E-state index contributed by atoms with van der Waals surface area (Å²) in [6, 6.07) is 11.3. The van der Waals surface area contributed by atoms with Crippen LogP contribution < -0.4 is 10.6 Å². The summed E-state index contributed by atoms with van der Waals surface area (Å²) in [5.41, 5.74) is 3.71. The first-order chi connectivity index (χ1) is 16.2. The lowest BCUT2D eigenvalue weighted by Gasteiger charge is -2.33. The minimum absolute atomic E-state index is 0.0569. The Morgan fingerprint density at radius 3 is 2.44 bits per heavy atom. The largest absolute Gasteiger partial charge is 0.483 e. The van der Waals surface area contributed by atoms with E-state index in [0.29, 0.717) is 28.5 Å². The van der Waals surface area contributed by atoms with Gasteiger partial charge in [-0.15, -0.1) is 0 Å². The molecule has 2 aromatic rings. The highest BCUT2D eigenvalue weighted by atomic mass is 35.5. The number of carboxylic acid groups (broad SMARTS) is 1. The number of piperidine rings is 1. The number of likely N-dealkylation sites (N-methyl/N-ethyl adjacent to an activating group) is 1. The van der Waals surface area contributed by atoms with Crippen molar-refractivity contribution in [3.63, 3.8) is 0 Å². The third-order valence-corrected chi connectivity index (χ3v) is 6.60. The van der Waals surface area contributed by atoms with E-state index in [9.17, 15) is 14.4 Å². The summed E-state index contributed by atoms with van der Waals surface area (Å²) in [4.78, 5) is 46.8. The molecule has 1 fully saturated rings. The number of carbonyl (C=O) groups is 4. The number of imide groups is 1. The predicted molar refractivity (Wildman–Crippen MR) is 128 cm³/mol. The second-order valence-corrected chi connectivity index (χ2v) is 9.02. The Hall–Kier alpha value is -2.94. The van der Waals surface area contributed by atoms with E-state index in [1.807, 2.05) is 24.1 Å². The van der Waals surface area contributed by atoms with E-state index in [1.54, 1.807) is 12.1 Å². The zero-order valence-corrected chi connectivity index (χ0v) is 20.0. The lowest BCUT2D eigenvalue weighted by atomic mass is 9.90. The van der Waals surface area contributed by atoms with E-state index in [4.69, 9.17) is 33.1 Å². The molecule has 2 atom stereocenters. The molecule has 2 unspecified atom stereocenters. The molecule has 2 aliphatic rings. The quantitative estimate of drug-likeness (QED) is 0.434. The van der Waals surface area contributed by atoms with Crippen LogP contribution in [0.5, 0.6) is 0 Å². The molecule has 0 bridgehead atoms. The van der Waals surface area contributed by atoms with E-state index >= 15 is 0 Å². The van der Waals surface area contributed by atoms with Crippen molar-refractivity contribution in [3.8, 4) is 0 Å². The highest BCUT2D eigenvalue weighted by Gasteiger charge is 2.32. The summed E-state index contributed by atoms with van der Waals surface area (Å²) in [6.07, 6.45) is 1.28. The molecule has 4 rings (SSSR count). The maximum atomic E-state index is 12.8. The van der Waals surface area contributed by atoms with Gasteiger partial charge in [0.1, 0.15) is 0 Å². The van der Waals surface area contributed by atoms with Crippen molar-refractivity contribution in [2.24, 2.45) is 0 Å². The molecule has 0 saturated carbocycles. The van der Waals surface area contributed by atoms with Gasteiger partial charge in [0.15, 0.2) is 0 Å². The first-order valence-corrected chi connectivity index (χ1v) is 11.4. The lowest BCUT2D eigenvalue weighted by Crippen LogP contribution is -2.48. The zero-order valence-electron chi connectivity index (χ0n) is 18.5. The summed E-state index contributed by atoms with van der Waals surface area (Å²) in [5.74, 6) is -1.29. The Kier molecular flexibility index (Phi) is 8.66. The van der Waals surface area contributed by atoms with Crippen LogP contribution in [0.2, 0.25) is 10.0 Å². The summed E-state index contributed by atoms with van der Waals surface area (Å²) in [6.45, 7) is 0.756. The van der Waals surface area contributed by atoms with Crippen LogP contribution in [0.3, 0.4) is 0 Å². The van der Waals surface area contributed by atoms with E-state index in [0.717, 1.165) is 12.1 Å². The van der Waals surface area contributed by atoms with E-state index < -0.39 is 5.92 Å². The molecule has 3 N–H and O–H groups in total. The summed E-state index contributed by atoms with van der Waals surface area (Å²) < 4.78 is 0. The first-order valence-electron chi connectivity index (χ1n) is 10.7. The summed E-state index contributed by atoms with van der Waals surface area (Å²) in [5, 5.41) is 12.9. The van der Waals surface area contributed by atoms with Gasteiger partial charge in [0, 0.05) is 35.1 Å². The van der Waals surface area contributed by atoms with Gasteiger partial charge in [0.05, 0.1) is 12.0 Å². The van der Waals surface area contributed by atoms with Gasteiger partial charge < -0.3 is 10.4 Å². The molecule has 0 aromatic heterocycles. The number of fused-ring (bicyclic) bond motifs is 1. The topological polar surface area (TPSA) is 116 Å². The van der Waals surface area contributed by atoms with Crippen LogP contribution in [-0.2, 0) is 38.7 Å². The second-order valence-electron chi connectivity index (χ2n) is 8.20. The Balaban J connectivity index is 0.00000103. The summed E-state index contributed by atoms with van der Waals surface area (Å²) >= 11 is 12.9. The van der Waals surface area contributed by atoms with Gasteiger partial charge in [-0.3, -0.25) is 29.4 Å². The van der Waals surface area contributed by atoms with Crippen LogP contribution in [0, 0.1) is 0 Å². The number of amides is 3. The van der Waals surface area contributed by atoms with Gasteiger partial charge in [-0.2, -0.15) is 0 Å². The minimum atomic E-state index is -0.558. The summed E-state index contributed by atoms with van der Waals surface area (Å²) in [7, 11) is 1.95. The number of hydrogen-bond acceptors (Lipinski definition) is 5. The number of benzene rings is 2. The van der Waals surface area contributed by atoms with E-state index in [2.05, 4.69) is 22.8 Å². The van der Waals surface area contributed by atoms with Gasteiger partial charge in [-0.1, -0.05) is 47.5 Å². The van der Waals surface area contributed by atoms with Crippen molar-refractivity contribution in [1.82, 2.24) is 15.5 Å². The molecule has 0 spiro atoms. The Morgan fingerprint density at radius 2 is 1.82 bits per heavy atom. The smallest absolute Gasteiger partial charge is 0.290 e. The first kappa shape index (κ1) is 25.7. The van der Waals surface area contributed by atoms with Gasteiger partial charge in [-0.05, 0) is 48.7 Å². The van der Waals surface area contributed by atoms with Crippen LogP contribution in [0.25, 0.3) is 0 Å². The standard InChI is InChI=1S/C23H23Cl2N3O3.CH2O2/c1-28-12-15-5-3-2-4-14(15)10-19(28)23(31)26-11-13-8-17(24)21(18(25)9-13)16-6-7-20(29)27-22(16)30;2-1-3/h2-5,8-9,16,19H,6-7,10-12H2,1H3,(H,26,31)(H,27,29,30);1H,(H,2,3). The van der Waals surface area contributed by atoms with Gasteiger partial charge in [-0.25, -0.2) is 0 Å². The van der Waals surface area contributed by atoms with Crippen molar-refractivity contribution >= 4 is 47.4 Å². The van der Waals surface area contributed by atoms with Crippen LogP contribution in [0.1, 0.15) is 41.0 Å². The number of nitrogens with zero attached hydrogens (tertiary/aromatic N) is 1. The Labute approximate surface area is 207 Å². The average molecular weight is 506 g/mol. The molecular formula is C24H25Cl2N3O5. The van der Waals surface area contributed by atoms with Gasteiger partial charge >= 0.3 is 0 Å². The number of halogens is 2. The Morgan fingerprint density at radius 1 is 1.21 bits per heavy atom. The van der Waals surface area contributed by atoms with Crippen molar-refractivity contribution in [2.45, 2.75) is 44.3 Å². The molecular weight excluding hydrogens is 481 g/mol. The number of hydrogen-bond donors (Lipinski definition) is 3. The van der Waals surface area contributed by atoms with E-state index in [-0.39, 0.29) is 43.2 Å². The minimum Gasteiger partial charge on any atom is -0.483 e. The lowest BCUT2D eigenvalue weighted by molar-refractivity contribution is -0.134. The molecule has 0 radical (unpaired) electrons. The SMILES string of the molecule is CN1Cc2ccccc2CC1C(=O)NCc1cc(Cl)c(C2CCC(=O)NC2=O)c(Cl)c1.O=CO. The van der Waals surface area contributed by atoms with Gasteiger partial charge in [0.25, 0.3) is 6.47 Å². The maximum absolute atomic E-state index is 12.8. The molecule has 2 aliphatic heterocycles. The molecule has 1 saturated heterocycles. The van der Waals surface area contributed by atoms with E-state index in [1.165, 1.54) is 11.1 Å². The second kappa shape index (κ2) is 11.5. The van der Waals surface area contributed by atoms with Gasteiger partial charge in [0.2, 0.25) is 17.7 Å². The third kappa shape index (κ3) is 5.94. The average Bonchev–Trinajstić information content (AvgIpc) is 2.78. The highest BCUT2D eigenvalue weighted by molar-refractivity contribution is 6.36. The normalized spacial score (nSPS) is 19.9. The zero-order chi connectivity index (χ0) is 24.8. The molecule has 2 aromatic carbocycles. The third-order valence-electron chi connectivity index (χ3n) is 5.98. The van der Waals surface area contributed by atoms with Crippen LogP contribution in [0.4, 0.5) is 0 Å². The Bertz CT molecular complexity index is 1080. The van der Waals surface area contributed by atoms with Crippen LogP contribution >= 0.6 is 23.2 Å². The molecule has 8 nitrogen and oxygen atoms in total. The predicted octanol–water partition coefficient (Wildman–Crippen LogP) is 2.89. The van der Waals surface area contributed by atoms with Crippen LogP contribution in [0.15, 0.2) is 36.4 Å². The monoisotopic (exact) mass is 505 g/mol. The molecule has 10 heteroatoms. The van der Waals surface area contributed by atoms with Crippen LogP contribution in [-0.4, -0.2) is 47.3 Å². The molecule has 3 amide bonds. The fourth-order valence-corrected chi connectivity index (χ4v) is 5.09. The molecule has 34 heavy (non-hydrogen) atoms. The number of carbonyl (C=O) groups excluding carboxylic acids is 3. The molecule has 180 valence electrons. The van der Waals surface area contributed by atoms with Crippen molar-refractivity contribution in [3.05, 3.63) is 68.7 Å². The molecule has 0 aliphatic carbocycles. The number of nitrogens with one attached hydrogen (secondary N) is 2. The fourth-order valence-electron chi connectivity index (χ4n) is 4.29.